The maximum Gasteiger partial charge on any atom is 0.292 e. The Morgan fingerprint density at radius 2 is 2.00 bits per heavy atom. The van der Waals surface area contributed by atoms with Crippen LogP contribution in [0.1, 0.15) is 19.8 Å². The number of hydrogen-bond acceptors (Lipinski definition) is 3. The quantitative estimate of drug-likeness (QED) is 0.777. The molecule has 1 heterocycles. The number of nitrogens with two attached hydrogens (primary N) is 1. The van der Waals surface area contributed by atoms with Crippen LogP contribution in [0.4, 0.5) is 5.69 Å². The summed E-state index contributed by atoms with van der Waals surface area (Å²) < 4.78 is 5.07. The lowest BCUT2D eigenvalue weighted by atomic mass is 10.2. The molecular weight excluding hydrogens is 244 g/mol. The van der Waals surface area contributed by atoms with Crippen LogP contribution in [0.15, 0.2) is 24.3 Å². The van der Waals surface area contributed by atoms with Crippen molar-refractivity contribution in [1.82, 2.24) is 0 Å². The molecule has 0 aromatic heterocycles. The number of hydrogen-bond donors (Lipinski definition) is 1. The fraction of sp³-hybridized carbons (Fsp3) is 0.429. The molecule has 2 rings (SSSR count). The summed E-state index contributed by atoms with van der Waals surface area (Å²) in [6.07, 6.45) is 1.27. The molecule has 1 aliphatic rings. The number of quaternary nitrogens is 1. The number of ether oxygens (including phenoxy) is 1. The van der Waals surface area contributed by atoms with Crippen molar-refractivity contribution in [3.8, 4) is 5.75 Å². The lowest BCUT2D eigenvalue weighted by molar-refractivity contribution is -0.674. The first kappa shape index (κ1) is 13.5. The van der Waals surface area contributed by atoms with E-state index in [9.17, 15) is 9.59 Å². The molecule has 0 saturated carbocycles. The topological polar surface area (TPSA) is 63.2 Å². The molecule has 1 atom stereocenters. The second-order valence-corrected chi connectivity index (χ2v) is 4.60. The molecule has 5 nitrogen and oxygen atoms in total. The van der Waals surface area contributed by atoms with Gasteiger partial charge in [-0.05, 0) is 30.7 Å². The van der Waals surface area contributed by atoms with Crippen molar-refractivity contribution >= 4 is 17.5 Å². The number of benzene rings is 1. The summed E-state index contributed by atoms with van der Waals surface area (Å²) >= 11 is 0. The van der Waals surface area contributed by atoms with Crippen LogP contribution >= 0.6 is 0 Å². The highest BCUT2D eigenvalue weighted by Gasteiger charge is 2.41. The average Bonchev–Trinajstić information content (AvgIpc) is 2.71. The molecular formula is C14H19N2O3+. The summed E-state index contributed by atoms with van der Waals surface area (Å²) in [5, 5.41) is 1.95. The number of carbonyl (C=O) groups is 2. The van der Waals surface area contributed by atoms with Gasteiger partial charge in [-0.2, -0.15) is 0 Å². The van der Waals surface area contributed by atoms with Gasteiger partial charge in [-0.25, -0.2) is 4.90 Å². The molecule has 5 heteroatoms. The highest BCUT2D eigenvalue weighted by Crippen LogP contribution is 2.24. The van der Waals surface area contributed by atoms with Gasteiger partial charge in [0.15, 0.2) is 6.04 Å². The van der Waals surface area contributed by atoms with Crippen molar-refractivity contribution in [3.05, 3.63) is 24.3 Å². The molecule has 1 fully saturated rings. The smallest absolute Gasteiger partial charge is 0.292 e. The molecule has 0 aliphatic carbocycles. The monoisotopic (exact) mass is 263 g/mol. The third-order valence-corrected chi connectivity index (χ3v) is 3.25. The van der Waals surface area contributed by atoms with Crippen molar-refractivity contribution < 1.29 is 19.6 Å². The van der Waals surface area contributed by atoms with E-state index >= 15 is 0 Å². The summed E-state index contributed by atoms with van der Waals surface area (Å²) in [6.45, 7) is 2.92. The molecule has 1 saturated heterocycles. The molecule has 1 aromatic rings. The first-order valence-electron chi connectivity index (χ1n) is 6.51. The number of nitrogens with zero attached hydrogens (tertiary/aromatic N) is 1. The zero-order valence-corrected chi connectivity index (χ0v) is 11.3. The molecule has 0 bridgehead atoms. The SMILES string of the molecule is CCC[NH2+][C@H]1CC(=O)N(c2ccc(OC)cc2)C1=O. The van der Waals surface area contributed by atoms with Crippen LogP contribution < -0.4 is 15.0 Å². The molecule has 102 valence electrons. The number of amides is 2. The lowest BCUT2D eigenvalue weighted by Gasteiger charge is -2.14. The van der Waals surface area contributed by atoms with Crippen molar-refractivity contribution in [2.75, 3.05) is 18.6 Å². The number of carbonyl (C=O) groups excluding carboxylic acids is 2. The van der Waals surface area contributed by atoms with E-state index in [1.165, 1.54) is 4.90 Å². The Bertz CT molecular complexity index is 470. The Balaban J connectivity index is 2.14. The summed E-state index contributed by atoms with van der Waals surface area (Å²) in [7, 11) is 1.58. The third kappa shape index (κ3) is 2.76. The number of anilines is 1. The van der Waals surface area contributed by atoms with Crippen LogP contribution in [-0.2, 0) is 9.59 Å². The van der Waals surface area contributed by atoms with Gasteiger partial charge < -0.3 is 10.1 Å². The zero-order chi connectivity index (χ0) is 13.8. The minimum atomic E-state index is -0.269. The van der Waals surface area contributed by atoms with Crippen LogP contribution in [0.5, 0.6) is 5.75 Å². The summed E-state index contributed by atoms with van der Waals surface area (Å²) in [4.78, 5) is 25.5. The van der Waals surface area contributed by atoms with Crippen molar-refractivity contribution in [2.24, 2.45) is 0 Å². The van der Waals surface area contributed by atoms with Crippen molar-refractivity contribution in [1.29, 1.82) is 0 Å². The normalized spacial score (nSPS) is 19.1. The highest BCUT2D eigenvalue weighted by molar-refractivity contribution is 6.21. The maximum atomic E-state index is 12.2. The van der Waals surface area contributed by atoms with E-state index < -0.39 is 0 Å². The van der Waals surface area contributed by atoms with Gasteiger partial charge in [0.05, 0.1) is 25.8 Å². The van der Waals surface area contributed by atoms with Crippen LogP contribution in [-0.4, -0.2) is 31.5 Å². The second-order valence-electron chi connectivity index (χ2n) is 4.60. The fourth-order valence-electron chi connectivity index (χ4n) is 2.21. The fourth-order valence-corrected chi connectivity index (χ4v) is 2.21. The molecule has 2 amide bonds. The Labute approximate surface area is 112 Å². The van der Waals surface area contributed by atoms with Crippen molar-refractivity contribution in [2.45, 2.75) is 25.8 Å². The van der Waals surface area contributed by atoms with E-state index in [4.69, 9.17) is 4.74 Å². The van der Waals surface area contributed by atoms with Gasteiger partial charge in [-0.15, -0.1) is 0 Å². The number of methoxy groups -OCH3 is 1. The van der Waals surface area contributed by atoms with Gasteiger partial charge in [-0.1, -0.05) is 6.92 Å². The third-order valence-electron chi connectivity index (χ3n) is 3.25. The van der Waals surface area contributed by atoms with E-state index in [-0.39, 0.29) is 24.3 Å². The highest BCUT2D eigenvalue weighted by atomic mass is 16.5. The molecule has 1 aliphatic heterocycles. The molecule has 0 spiro atoms. The Hall–Kier alpha value is -1.88. The van der Waals surface area contributed by atoms with E-state index in [0.717, 1.165) is 13.0 Å². The standard InChI is InChI=1S/C14H18N2O3/c1-3-8-15-12-9-13(17)16(14(12)18)10-4-6-11(19-2)7-5-10/h4-7,12,15H,3,8-9H2,1-2H3/p+1/t12-/m0/s1. The number of rotatable bonds is 5. The zero-order valence-electron chi connectivity index (χ0n) is 11.3. The van der Waals surface area contributed by atoms with Crippen LogP contribution in [0.3, 0.4) is 0 Å². The average molecular weight is 263 g/mol. The van der Waals surface area contributed by atoms with E-state index in [1.807, 2.05) is 5.32 Å². The predicted octanol–water partition coefficient (Wildman–Crippen LogP) is 0.300. The largest absolute Gasteiger partial charge is 0.497 e. The Kier molecular flexibility index (Phi) is 4.16. The van der Waals surface area contributed by atoms with Gasteiger partial charge in [0.1, 0.15) is 5.75 Å². The Morgan fingerprint density at radius 1 is 1.32 bits per heavy atom. The predicted molar refractivity (Wildman–Crippen MR) is 71.0 cm³/mol. The molecule has 0 radical (unpaired) electrons. The summed E-state index contributed by atoms with van der Waals surface area (Å²) in [5.41, 5.74) is 0.614. The van der Waals surface area contributed by atoms with E-state index in [2.05, 4.69) is 6.92 Å². The van der Waals surface area contributed by atoms with Gasteiger partial charge in [0.25, 0.3) is 5.91 Å². The van der Waals surface area contributed by atoms with Crippen molar-refractivity contribution in [3.63, 3.8) is 0 Å². The molecule has 1 aromatic carbocycles. The maximum absolute atomic E-state index is 12.2. The van der Waals surface area contributed by atoms with Crippen LogP contribution in [0.25, 0.3) is 0 Å². The molecule has 0 unspecified atom stereocenters. The minimum Gasteiger partial charge on any atom is -0.497 e. The van der Waals surface area contributed by atoms with E-state index in [1.54, 1.807) is 31.4 Å². The summed E-state index contributed by atoms with van der Waals surface area (Å²) in [6, 6.07) is 6.69. The summed E-state index contributed by atoms with van der Waals surface area (Å²) in [5.74, 6) is 0.452. The second kappa shape index (κ2) is 5.84. The van der Waals surface area contributed by atoms with E-state index in [0.29, 0.717) is 11.4 Å². The van der Waals surface area contributed by atoms with Crippen LogP contribution in [0.2, 0.25) is 0 Å². The number of imide groups is 1. The minimum absolute atomic E-state index is 0.122. The first-order chi connectivity index (χ1) is 9.17. The molecule has 19 heavy (non-hydrogen) atoms. The lowest BCUT2D eigenvalue weighted by Crippen LogP contribution is -2.91. The van der Waals surface area contributed by atoms with Gasteiger partial charge in [0, 0.05) is 0 Å². The van der Waals surface area contributed by atoms with Gasteiger partial charge in [-0.3, -0.25) is 9.59 Å². The van der Waals surface area contributed by atoms with Gasteiger partial charge >= 0.3 is 0 Å². The van der Waals surface area contributed by atoms with Crippen LogP contribution in [0, 0.1) is 0 Å². The van der Waals surface area contributed by atoms with Gasteiger partial charge in [0.2, 0.25) is 5.91 Å². The Morgan fingerprint density at radius 3 is 2.58 bits per heavy atom. The molecule has 2 N–H and O–H groups in total. The first-order valence-corrected chi connectivity index (χ1v) is 6.51.